The lowest BCUT2D eigenvalue weighted by Crippen LogP contribution is -2.28. The summed E-state index contributed by atoms with van der Waals surface area (Å²) < 4.78 is 1.89. The van der Waals surface area contributed by atoms with E-state index in [-0.39, 0.29) is 16.5 Å². The number of pyridine rings is 1. The number of hydrogen-bond donors (Lipinski definition) is 1. The summed E-state index contributed by atoms with van der Waals surface area (Å²) in [5.74, 6) is 0.286. The van der Waals surface area contributed by atoms with Crippen LogP contribution in [0.1, 0.15) is 37.6 Å². The fourth-order valence-electron chi connectivity index (χ4n) is 3.10. The zero-order valence-electron chi connectivity index (χ0n) is 13.7. The van der Waals surface area contributed by atoms with Crippen molar-refractivity contribution in [1.82, 2.24) is 19.6 Å². The molecule has 0 aromatic carbocycles. The molecular formula is C16H23N5O2. The maximum Gasteiger partial charge on any atom is 0.286 e. The topological polar surface area (TPSA) is 75.7 Å². The highest BCUT2D eigenvalue weighted by atomic mass is 16.6. The van der Waals surface area contributed by atoms with Crippen LogP contribution in [0.5, 0.6) is 0 Å². The first-order valence-corrected chi connectivity index (χ1v) is 8.14. The minimum absolute atomic E-state index is 0.101. The van der Waals surface area contributed by atoms with Crippen molar-refractivity contribution in [1.29, 1.82) is 0 Å². The molecule has 2 aromatic rings. The molecule has 3 heterocycles. The van der Waals surface area contributed by atoms with Gasteiger partial charge in [0.1, 0.15) is 5.65 Å². The molecule has 1 aliphatic heterocycles. The molecule has 0 atom stereocenters. The number of imidazole rings is 1. The van der Waals surface area contributed by atoms with E-state index < -0.39 is 0 Å². The second kappa shape index (κ2) is 6.64. The van der Waals surface area contributed by atoms with Crippen LogP contribution in [0.2, 0.25) is 0 Å². The molecule has 0 saturated carbocycles. The molecule has 1 saturated heterocycles. The van der Waals surface area contributed by atoms with Gasteiger partial charge in [0.05, 0.1) is 22.5 Å². The van der Waals surface area contributed by atoms with Crippen LogP contribution in [0.15, 0.2) is 18.3 Å². The molecule has 1 aliphatic rings. The molecule has 124 valence electrons. The Morgan fingerprint density at radius 1 is 1.35 bits per heavy atom. The smallest absolute Gasteiger partial charge is 0.286 e. The normalized spacial score (nSPS) is 16.8. The highest BCUT2D eigenvalue weighted by Gasteiger charge is 2.20. The number of nitrogens with zero attached hydrogens (tertiary/aromatic N) is 4. The third-order valence-electron chi connectivity index (χ3n) is 4.30. The zero-order valence-corrected chi connectivity index (χ0v) is 13.7. The quantitative estimate of drug-likeness (QED) is 0.691. The van der Waals surface area contributed by atoms with Crippen molar-refractivity contribution in [3.8, 4) is 0 Å². The fraction of sp³-hybridized carbons (Fsp3) is 0.562. The number of hydrogen-bond acceptors (Lipinski definition) is 5. The summed E-state index contributed by atoms with van der Waals surface area (Å²) in [7, 11) is 0. The van der Waals surface area contributed by atoms with Crippen LogP contribution >= 0.6 is 0 Å². The van der Waals surface area contributed by atoms with E-state index in [0.717, 1.165) is 56.2 Å². The number of fused-ring (bicyclic) bond motifs is 1. The Balaban J connectivity index is 2.01. The first-order chi connectivity index (χ1) is 11.1. The van der Waals surface area contributed by atoms with Gasteiger partial charge < -0.3 is 5.32 Å². The first-order valence-electron chi connectivity index (χ1n) is 8.14. The largest absolute Gasteiger partial charge is 0.315 e. The molecule has 0 spiro atoms. The molecule has 0 unspecified atom stereocenters. The molecule has 0 amide bonds. The predicted molar refractivity (Wildman–Crippen MR) is 88.7 cm³/mol. The Kier molecular flexibility index (Phi) is 4.58. The van der Waals surface area contributed by atoms with Gasteiger partial charge >= 0.3 is 0 Å². The molecule has 7 nitrogen and oxygen atoms in total. The second-order valence-electron chi connectivity index (χ2n) is 6.35. The Morgan fingerprint density at radius 2 is 2.17 bits per heavy atom. The molecule has 0 aliphatic carbocycles. The van der Waals surface area contributed by atoms with Crippen LogP contribution in [-0.4, -0.2) is 45.4 Å². The van der Waals surface area contributed by atoms with Gasteiger partial charge in [-0.15, -0.1) is 0 Å². The first kappa shape index (κ1) is 15.9. The van der Waals surface area contributed by atoms with E-state index in [1.807, 2.05) is 4.40 Å². The van der Waals surface area contributed by atoms with E-state index in [1.54, 1.807) is 12.3 Å². The van der Waals surface area contributed by atoms with E-state index in [4.69, 9.17) is 4.98 Å². The third kappa shape index (κ3) is 3.35. The lowest BCUT2D eigenvalue weighted by Gasteiger charge is -2.20. The van der Waals surface area contributed by atoms with Crippen LogP contribution in [0, 0.1) is 10.1 Å². The van der Waals surface area contributed by atoms with Gasteiger partial charge in [0.15, 0.2) is 0 Å². The van der Waals surface area contributed by atoms with E-state index >= 15 is 0 Å². The van der Waals surface area contributed by atoms with Crippen molar-refractivity contribution >= 4 is 11.3 Å². The van der Waals surface area contributed by atoms with Crippen molar-refractivity contribution in [3.63, 3.8) is 0 Å². The van der Waals surface area contributed by atoms with E-state index in [2.05, 4.69) is 24.1 Å². The average molecular weight is 317 g/mol. The highest BCUT2D eigenvalue weighted by Crippen LogP contribution is 2.24. The Labute approximate surface area is 135 Å². The summed E-state index contributed by atoms with van der Waals surface area (Å²) in [5, 5.41) is 14.5. The Bertz CT molecular complexity index is 702. The van der Waals surface area contributed by atoms with Crippen molar-refractivity contribution in [2.75, 3.05) is 26.2 Å². The summed E-state index contributed by atoms with van der Waals surface area (Å²) >= 11 is 0. The van der Waals surface area contributed by atoms with Crippen LogP contribution < -0.4 is 5.32 Å². The molecule has 1 N–H and O–H groups in total. The summed E-state index contributed by atoms with van der Waals surface area (Å²) in [6.45, 7) is 9.05. The maximum atomic E-state index is 11.1. The molecule has 2 aromatic heterocycles. The predicted octanol–water partition coefficient (Wildman–Crippen LogP) is 2.16. The summed E-state index contributed by atoms with van der Waals surface area (Å²) in [6.07, 6.45) is 2.72. The third-order valence-corrected chi connectivity index (χ3v) is 4.30. The average Bonchev–Trinajstić information content (AvgIpc) is 2.69. The monoisotopic (exact) mass is 317 g/mol. The summed E-state index contributed by atoms with van der Waals surface area (Å²) in [4.78, 5) is 17.8. The number of rotatable bonds is 4. The van der Waals surface area contributed by atoms with Crippen molar-refractivity contribution in [2.24, 2.45) is 0 Å². The second-order valence-corrected chi connectivity index (χ2v) is 6.35. The molecule has 0 radical (unpaired) electrons. The van der Waals surface area contributed by atoms with Crippen LogP contribution in [0.25, 0.3) is 5.65 Å². The number of aromatic nitrogens is 2. The Hall–Kier alpha value is -1.99. The minimum Gasteiger partial charge on any atom is -0.315 e. The standard InChI is InChI=1S/C16H23N5O2/c1-12(2)16-14(11-19-8-3-6-17-7-9-19)20-10-13(21(22)23)4-5-15(20)18-16/h4-5,10,12,17H,3,6-9,11H2,1-2H3. The van der Waals surface area contributed by atoms with Gasteiger partial charge in [0.2, 0.25) is 0 Å². The van der Waals surface area contributed by atoms with Crippen LogP contribution in [-0.2, 0) is 6.54 Å². The number of nitrogens with one attached hydrogen (secondary N) is 1. The fourth-order valence-corrected chi connectivity index (χ4v) is 3.10. The number of nitro groups is 1. The highest BCUT2D eigenvalue weighted by molar-refractivity contribution is 5.48. The molecule has 1 fully saturated rings. The van der Waals surface area contributed by atoms with Crippen LogP contribution in [0.3, 0.4) is 0 Å². The van der Waals surface area contributed by atoms with Gasteiger partial charge in [0.25, 0.3) is 5.69 Å². The van der Waals surface area contributed by atoms with Gasteiger partial charge in [0, 0.05) is 25.7 Å². The Morgan fingerprint density at radius 3 is 2.91 bits per heavy atom. The zero-order chi connectivity index (χ0) is 16.4. The summed E-state index contributed by atoms with van der Waals surface area (Å²) in [5.41, 5.74) is 2.98. The lowest BCUT2D eigenvalue weighted by molar-refractivity contribution is -0.385. The van der Waals surface area contributed by atoms with Crippen LogP contribution in [0.4, 0.5) is 5.69 Å². The van der Waals surface area contributed by atoms with Gasteiger partial charge in [-0.05, 0) is 31.5 Å². The van der Waals surface area contributed by atoms with Gasteiger partial charge in [-0.3, -0.25) is 19.4 Å². The van der Waals surface area contributed by atoms with Gasteiger partial charge in [-0.1, -0.05) is 13.8 Å². The van der Waals surface area contributed by atoms with Gasteiger partial charge in [-0.2, -0.15) is 0 Å². The lowest BCUT2D eigenvalue weighted by atomic mass is 10.1. The molecular weight excluding hydrogens is 294 g/mol. The SMILES string of the molecule is CC(C)c1nc2ccc([N+](=O)[O-])cn2c1CN1CCCNCC1. The van der Waals surface area contributed by atoms with E-state index in [9.17, 15) is 10.1 Å². The van der Waals surface area contributed by atoms with E-state index in [1.165, 1.54) is 6.07 Å². The van der Waals surface area contributed by atoms with Crippen molar-refractivity contribution < 1.29 is 4.92 Å². The summed E-state index contributed by atoms with van der Waals surface area (Å²) in [6, 6.07) is 3.25. The van der Waals surface area contributed by atoms with Crippen molar-refractivity contribution in [3.05, 3.63) is 39.8 Å². The minimum atomic E-state index is -0.353. The van der Waals surface area contributed by atoms with E-state index in [0.29, 0.717) is 0 Å². The van der Waals surface area contributed by atoms with Crippen molar-refractivity contribution in [2.45, 2.75) is 32.7 Å². The molecule has 0 bridgehead atoms. The van der Waals surface area contributed by atoms with Gasteiger partial charge in [-0.25, -0.2) is 4.98 Å². The molecule has 7 heteroatoms. The molecule has 3 rings (SSSR count). The molecule has 23 heavy (non-hydrogen) atoms. The maximum absolute atomic E-state index is 11.1.